The maximum atomic E-state index is 2.44. The Morgan fingerprint density at radius 2 is 1.81 bits per heavy atom. The molecule has 1 rings (SSSR count). The maximum Gasteiger partial charge on any atom is -0.0165 e. The molecule has 0 spiro atoms. The van der Waals surface area contributed by atoms with E-state index in [-0.39, 0.29) is 0 Å². The molecule has 0 saturated heterocycles. The van der Waals surface area contributed by atoms with Crippen molar-refractivity contribution in [2.45, 2.75) is 58.3 Å². The second kappa shape index (κ2) is 8.38. The van der Waals surface area contributed by atoms with Gasteiger partial charge < -0.3 is 0 Å². The predicted octanol–water partition coefficient (Wildman–Crippen LogP) is 5.35. The van der Waals surface area contributed by atoms with E-state index < -0.39 is 0 Å². The topological polar surface area (TPSA) is 0 Å². The van der Waals surface area contributed by atoms with Crippen molar-refractivity contribution >= 4 is 0 Å². The Morgan fingerprint density at radius 1 is 1.06 bits per heavy atom. The molecule has 0 aliphatic carbocycles. The van der Waals surface area contributed by atoms with Crippen LogP contribution < -0.4 is 0 Å². The molecule has 1 aromatic carbocycles. The second-order valence-corrected chi connectivity index (χ2v) is 4.52. The van der Waals surface area contributed by atoms with Crippen LogP contribution in [0.1, 0.15) is 63.9 Å². The zero-order chi connectivity index (χ0) is 11.6. The lowest BCUT2D eigenvalue weighted by Crippen LogP contribution is -1.97. The zero-order valence-corrected chi connectivity index (χ0v) is 10.8. The summed E-state index contributed by atoms with van der Waals surface area (Å²) < 4.78 is 0. The minimum Gasteiger partial charge on any atom is -0.0654 e. The zero-order valence-electron chi connectivity index (χ0n) is 10.8. The fourth-order valence-electron chi connectivity index (χ4n) is 2.19. The summed E-state index contributed by atoms with van der Waals surface area (Å²) >= 11 is 0. The van der Waals surface area contributed by atoms with Crippen LogP contribution in [0.25, 0.3) is 0 Å². The van der Waals surface area contributed by atoms with Gasteiger partial charge in [-0.1, -0.05) is 69.9 Å². The Balaban J connectivity index is 2.27. The first-order chi connectivity index (χ1) is 7.88. The third kappa shape index (κ3) is 4.83. The molecular formula is C16H25. The van der Waals surface area contributed by atoms with E-state index in [9.17, 15) is 0 Å². The van der Waals surface area contributed by atoms with Crippen molar-refractivity contribution in [2.24, 2.45) is 0 Å². The third-order valence-electron chi connectivity index (χ3n) is 3.22. The van der Waals surface area contributed by atoms with Gasteiger partial charge in [0.1, 0.15) is 0 Å². The van der Waals surface area contributed by atoms with Crippen molar-refractivity contribution in [3.05, 3.63) is 42.3 Å². The highest BCUT2D eigenvalue weighted by Crippen LogP contribution is 2.25. The van der Waals surface area contributed by atoms with Crippen LogP contribution in [-0.2, 0) is 0 Å². The smallest absolute Gasteiger partial charge is 0.0165 e. The van der Waals surface area contributed by atoms with E-state index in [0.29, 0.717) is 0 Å². The average molecular weight is 217 g/mol. The molecule has 0 nitrogen and oxygen atoms in total. The molecule has 0 aliphatic heterocycles. The molecule has 0 fully saturated rings. The lowest BCUT2D eigenvalue weighted by atomic mass is 9.91. The summed E-state index contributed by atoms with van der Waals surface area (Å²) in [7, 11) is 0. The molecular weight excluding hydrogens is 192 g/mol. The van der Waals surface area contributed by atoms with Gasteiger partial charge in [-0.3, -0.25) is 0 Å². The average Bonchev–Trinajstić information content (AvgIpc) is 2.35. The fourth-order valence-corrected chi connectivity index (χ4v) is 2.19. The Hall–Kier alpha value is -0.780. The van der Waals surface area contributed by atoms with Crippen LogP contribution in [0.5, 0.6) is 0 Å². The van der Waals surface area contributed by atoms with Crippen LogP contribution in [0, 0.1) is 6.42 Å². The lowest BCUT2D eigenvalue weighted by Gasteiger charge is -2.14. The quantitative estimate of drug-likeness (QED) is 0.514. The molecule has 1 atom stereocenters. The molecule has 0 saturated carbocycles. The minimum atomic E-state index is 0.760. The van der Waals surface area contributed by atoms with E-state index in [1.807, 2.05) is 0 Å². The Labute approximate surface area is 101 Å². The fraction of sp³-hybridized carbons (Fsp3) is 0.562. The first-order valence-electron chi connectivity index (χ1n) is 6.75. The van der Waals surface area contributed by atoms with Crippen LogP contribution in [0.15, 0.2) is 30.3 Å². The van der Waals surface area contributed by atoms with Crippen molar-refractivity contribution in [3.63, 3.8) is 0 Å². The molecule has 1 radical (unpaired) electrons. The first-order valence-corrected chi connectivity index (χ1v) is 6.75. The van der Waals surface area contributed by atoms with E-state index in [0.717, 1.165) is 5.92 Å². The molecule has 0 heteroatoms. The van der Waals surface area contributed by atoms with Gasteiger partial charge in [0.25, 0.3) is 0 Å². The van der Waals surface area contributed by atoms with Gasteiger partial charge in [-0.15, -0.1) is 0 Å². The van der Waals surface area contributed by atoms with Gasteiger partial charge in [-0.2, -0.15) is 0 Å². The van der Waals surface area contributed by atoms with E-state index in [1.54, 1.807) is 0 Å². The molecule has 0 heterocycles. The highest BCUT2D eigenvalue weighted by Gasteiger charge is 2.07. The number of hydrogen-bond donors (Lipinski definition) is 0. The monoisotopic (exact) mass is 217 g/mol. The number of rotatable bonds is 8. The second-order valence-electron chi connectivity index (χ2n) is 4.52. The molecule has 1 unspecified atom stereocenters. The Morgan fingerprint density at radius 3 is 2.44 bits per heavy atom. The summed E-state index contributed by atoms with van der Waals surface area (Å²) in [5.74, 6) is 0.760. The third-order valence-corrected chi connectivity index (χ3v) is 3.22. The van der Waals surface area contributed by atoms with Crippen LogP contribution in [0.4, 0.5) is 0 Å². The molecule has 0 amide bonds. The molecule has 0 aliphatic rings. The summed E-state index contributed by atoms with van der Waals surface area (Å²) in [6.45, 7) is 4.54. The molecule has 16 heavy (non-hydrogen) atoms. The molecule has 0 aromatic heterocycles. The van der Waals surface area contributed by atoms with Gasteiger partial charge in [-0.05, 0) is 30.7 Å². The van der Waals surface area contributed by atoms with E-state index in [1.165, 1.54) is 44.1 Å². The molecule has 1 aromatic rings. The van der Waals surface area contributed by atoms with Crippen LogP contribution in [0.3, 0.4) is 0 Å². The van der Waals surface area contributed by atoms with Crippen molar-refractivity contribution in [2.75, 3.05) is 0 Å². The van der Waals surface area contributed by atoms with Gasteiger partial charge in [0.2, 0.25) is 0 Å². The highest BCUT2D eigenvalue weighted by molar-refractivity contribution is 5.19. The number of benzene rings is 1. The Kier molecular flexibility index (Phi) is 6.96. The summed E-state index contributed by atoms with van der Waals surface area (Å²) in [4.78, 5) is 0. The summed E-state index contributed by atoms with van der Waals surface area (Å²) in [6.07, 6.45) is 10.2. The largest absolute Gasteiger partial charge is 0.0654 e. The van der Waals surface area contributed by atoms with Crippen LogP contribution >= 0.6 is 0 Å². The minimum absolute atomic E-state index is 0.760. The standard InChI is InChI=1S/C16H25/c1-3-5-6-7-9-12-15(4-2)16-13-10-8-11-14-16/h6,8,10-11,13-15H,3-5,7,9,12H2,1-2H3. The summed E-state index contributed by atoms with van der Waals surface area (Å²) in [5, 5.41) is 0. The molecule has 89 valence electrons. The van der Waals surface area contributed by atoms with E-state index in [2.05, 4.69) is 50.6 Å². The summed E-state index contributed by atoms with van der Waals surface area (Å²) in [6, 6.07) is 10.9. The van der Waals surface area contributed by atoms with Crippen molar-refractivity contribution in [1.82, 2.24) is 0 Å². The normalized spacial score (nSPS) is 12.6. The Bertz CT molecular complexity index is 250. The van der Waals surface area contributed by atoms with Gasteiger partial charge in [-0.25, -0.2) is 0 Å². The van der Waals surface area contributed by atoms with E-state index >= 15 is 0 Å². The van der Waals surface area contributed by atoms with Crippen LogP contribution in [0.2, 0.25) is 0 Å². The van der Waals surface area contributed by atoms with Crippen molar-refractivity contribution in [3.8, 4) is 0 Å². The van der Waals surface area contributed by atoms with Gasteiger partial charge in [0.15, 0.2) is 0 Å². The van der Waals surface area contributed by atoms with Gasteiger partial charge >= 0.3 is 0 Å². The van der Waals surface area contributed by atoms with Crippen molar-refractivity contribution < 1.29 is 0 Å². The predicted molar refractivity (Wildman–Crippen MR) is 72.5 cm³/mol. The lowest BCUT2D eigenvalue weighted by molar-refractivity contribution is 0.568. The highest BCUT2D eigenvalue weighted by atomic mass is 14.1. The number of hydrogen-bond acceptors (Lipinski definition) is 0. The SMILES string of the molecule is CCC[CH]CCCC(CC)c1ccccc1. The van der Waals surface area contributed by atoms with Gasteiger partial charge in [0, 0.05) is 0 Å². The van der Waals surface area contributed by atoms with E-state index in [4.69, 9.17) is 0 Å². The molecule has 0 bridgehead atoms. The first kappa shape index (κ1) is 13.3. The van der Waals surface area contributed by atoms with Crippen molar-refractivity contribution in [1.29, 1.82) is 0 Å². The molecule has 0 N–H and O–H groups in total. The van der Waals surface area contributed by atoms with Gasteiger partial charge in [0.05, 0.1) is 0 Å². The summed E-state index contributed by atoms with van der Waals surface area (Å²) in [5.41, 5.74) is 1.51. The van der Waals surface area contributed by atoms with Crippen LogP contribution in [-0.4, -0.2) is 0 Å². The number of unbranched alkanes of at least 4 members (excludes halogenated alkanes) is 4. The maximum absolute atomic E-state index is 2.44.